The quantitative estimate of drug-likeness (QED) is 0.488. The zero-order valence-corrected chi connectivity index (χ0v) is 12.5. The fraction of sp³-hybridized carbons (Fsp3) is 0.364. The third-order valence-corrected chi connectivity index (χ3v) is 2.20. The Balaban J connectivity index is 0.00000256. The van der Waals surface area contributed by atoms with Gasteiger partial charge in [-0.3, -0.25) is 4.99 Å². The van der Waals surface area contributed by atoms with Crippen molar-refractivity contribution >= 4 is 29.9 Å². The van der Waals surface area contributed by atoms with E-state index in [0.29, 0.717) is 12.5 Å². The van der Waals surface area contributed by atoms with Crippen molar-refractivity contribution in [3.63, 3.8) is 0 Å². The number of methoxy groups -OCH3 is 2. The lowest BCUT2D eigenvalue weighted by Crippen LogP contribution is -2.30. The van der Waals surface area contributed by atoms with E-state index in [-0.39, 0.29) is 24.0 Å². The van der Waals surface area contributed by atoms with Gasteiger partial charge in [0.1, 0.15) is 11.5 Å². The van der Waals surface area contributed by atoms with Crippen LogP contribution >= 0.6 is 24.0 Å². The Bertz CT molecular complexity index is 383. The number of nitrogens with one attached hydrogen (secondary N) is 1. The highest BCUT2D eigenvalue weighted by Crippen LogP contribution is 2.24. The molecule has 3 N–H and O–H groups in total. The van der Waals surface area contributed by atoms with E-state index in [1.54, 1.807) is 21.3 Å². The first kappa shape index (κ1) is 15.8. The molecule has 0 aliphatic carbocycles. The molecule has 0 saturated carbocycles. The molecule has 0 aliphatic heterocycles. The van der Waals surface area contributed by atoms with E-state index in [0.717, 1.165) is 17.1 Å². The first-order chi connectivity index (χ1) is 7.71. The molecule has 0 fully saturated rings. The van der Waals surface area contributed by atoms with Crippen LogP contribution in [0.25, 0.3) is 0 Å². The van der Waals surface area contributed by atoms with Gasteiger partial charge in [0.25, 0.3) is 0 Å². The average Bonchev–Trinajstić information content (AvgIpc) is 2.35. The molecular weight excluding hydrogens is 333 g/mol. The van der Waals surface area contributed by atoms with Crippen LogP contribution in [0.15, 0.2) is 23.2 Å². The molecule has 0 atom stereocenters. The molecule has 0 bridgehead atoms. The largest absolute Gasteiger partial charge is 0.497 e. The standard InChI is InChI=1S/C11H17N3O2.HI/c1-13-11(12)14-7-8-4-5-9(15-2)6-10(8)16-3;/h4-6H,7H2,1-3H3,(H3,12,13,14);1H. The number of hydrogen-bond acceptors (Lipinski definition) is 3. The van der Waals surface area contributed by atoms with Crippen LogP contribution < -0.4 is 20.5 Å². The Hall–Kier alpha value is -1.18. The molecule has 96 valence electrons. The number of nitrogens with two attached hydrogens (primary N) is 1. The Morgan fingerprint density at radius 3 is 2.59 bits per heavy atom. The van der Waals surface area contributed by atoms with Crippen molar-refractivity contribution in [3.8, 4) is 11.5 Å². The SMILES string of the molecule is CN=C(N)NCc1ccc(OC)cc1OC.I. The highest BCUT2D eigenvalue weighted by Gasteiger charge is 2.04. The molecule has 1 rings (SSSR count). The van der Waals surface area contributed by atoms with Crippen molar-refractivity contribution < 1.29 is 9.47 Å². The molecule has 0 aromatic heterocycles. The molecular formula is C11H18IN3O2. The van der Waals surface area contributed by atoms with E-state index in [2.05, 4.69) is 10.3 Å². The van der Waals surface area contributed by atoms with Gasteiger partial charge in [-0.15, -0.1) is 24.0 Å². The maximum Gasteiger partial charge on any atom is 0.188 e. The molecule has 1 aromatic rings. The number of guanidine groups is 1. The van der Waals surface area contributed by atoms with Crippen molar-refractivity contribution in [2.75, 3.05) is 21.3 Å². The highest BCUT2D eigenvalue weighted by molar-refractivity contribution is 14.0. The molecule has 0 radical (unpaired) electrons. The van der Waals surface area contributed by atoms with Gasteiger partial charge < -0.3 is 20.5 Å². The molecule has 0 unspecified atom stereocenters. The Labute approximate surface area is 118 Å². The summed E-state index contributed by atoms with van der Waals surface area (Å²) in [5.74, 6) is 1.92. The summed E-state index contributed by atoms with van der Waals surface area (Å²) in [6.07, 6.45) is 0. The molecule has 17 heavy (non-hydrogen) atoms. The predicted octanol–water partition coefficient (Wildman–Crippen LogP) is 1.36. The molecule has 0 heterocycles. The van der Waals surface area contributed by atoms with E-state index in [1.807, 2.05) is 18.2 Å². The molecule has 1 aromatic carbocycles. The highest BCUT2D eigenvalue weighted by atomic mass is 127. The summed E-state index contributed by atoms with van der Waals surface area (Å²) in [6, 6.07) is 5.63. The number of halogens is 1. The van der Waals surface area contributed by atoms with Crippen LogP contribution in [0.3, 0.4) is 0 Å². The maximum absolute atomic E-state index is 5.54. The lowest BCUT2D eigenvalue weighted by atomic mass is 10.2. The van der Waals surface area contributed by atoms with Crippen LogP contribution in [0, 0.1) is 0 Å². The van der Waals surface area contributed by atoms with Crippen LogP contribution in [-0.4, -0.2) is 27.2 Å². The normalized spacial score (nSPS) is 10.4. The summed E-state index contributed by atoms with van der Waals surface area (Å²) >= 11 is 0. The smallest absolute Gasteiger partial charge is 0.188 e. The number of ether oxygens (including phenoxy) is 2. The van der Waals surface area contributed by atoms with Gasteiger partial charge in [0.15, 0.2) is 5.96 Å². The summed E-state index contributed by atoms with van der Waals surface area (Å²) in [7, 11) is 4.87. The van der Waals surface area contributed by atoms with Gasteiger partial charge in [-0.2, -0.15) is 0 Å². The minimum Gasteiger partial charge on any atom is -0.497 e. The van der Waals surface area contributed by atoms with Crippen LogP contribution in [0.4, 0.5) is 0 Å². The second kappa shape index (κ2) is 7.99. The molecule has 5 nitrogen and oxygen atoms in total. The van der Waals surface area contributed by atoms with Gasteiger partial charge >= 0.3 is 0 Å². The van der Waals surface area contributed by atoms with Gasteiger partial charge in [0.05, 0.1) is 14.2 Å². The lowest BCUT2D eigenvalue weighted by molar-refractivity contribution is 0.390. The minimum atomic E-state index is 0. The maximum atomic E-state index is 5.54. The zero-order valence-electron chi connectivity index (χ0n) is 10.2. The summed E-state index contributed by atoms with van der Waals surface area (Å²) in [5, 5.41) is 2.97. The summed E-state index contributed by atoms with van der Waals surface area (Å²) in [4.78, 5) is 3.81. The fourth-order valence-electron chi connectivity index (χ4n) is 1.26. The van der Waals surface area contributed by atoms with Crippen molar-refractivity contribution in [2.45, 2.75) is 6.54 Å². The minimum absolute atomic E-state index is 0. The van der Waals surface area contributed by atoms with Gasteiger partial charge in [-0.1, -0.05) is 0 Å². The van der Waals surface area contributed by atoms with E-state index in [1.165, 1.54) is 0 Å². The summed E-state index contributed by atoms with van der Waals surface area (Å²) < 4.78 is 10.4. The van der Waals surface area contributed by atoms with Crippen molar-refractivity contribution in [1.29, 1.82) is 0 Å². The lowest BCUT2D eigenvalue weighted by Gasteiger charge is -2.11. The predicted molar refractivity (Wildman–Crippen MR) is 79.3 cm³/mol. The second-order valence-corrected chi connectivity index (χ2v) is 3.14. The number of hydrogen-bond donors (Lipinski definition) is 2. The van der Waals surface area contributed by atoms with Crippen LogP contribution in [-0.2, 0) is 6.54 Å². The van der Waals surface area contributed by atoms with E-state index >= 15 is 0 Å². The Morgan fingerprint density at radius 2 is 2.06 bits per heavy atom. The molecule has 0 spiro atoms. The number of nitrogens with zero attached hydrogens (tertiary/aromatic N) is 1. The number of aliphatic imine (C=N–C) groups is 1. The molecule has 0 saturated heterocycles. The van der Waals surface area contributed by atoms with Crippen LogP contribution in [0.2, 0.25) is 0 Å². The summed E-state index contributed by atoms with van der Waals surface area (Å²) in [5.41, 5.74) is 6.54. The molecule has 0 aliphatic rings. The van der Waals surface area contributed by atoms with E-state index in [9.17, 15) is 0 Å². The first-order valence-electron chi connectivity index (χ1n) is 4.88. The Morgan fingerprint density at radius 1 is 1.35 bits per heavy atom. The van der Waals surface area contributed by atoms with Gasteiger partial charge in [0, 0.05) is 25.2 Å². The average molecular weight is 351 g/mol. The molecule has 6 heteroatoms. The van der Waals surface area contributed by atoms with Crippen molar-refractivity contribution in [1.82, 2.24) is 5.32 Å². The van der Waals surface area contributed by atoms with Gasteiger partial charge in [0.2, 0.25) is 0 Å². The van der Waals surface area contributed by atoms with Crippen LogP contribution in [0.5, 0.6) is 11.5 Å². The second-order valence-electron chi connectivity index (χ2n) is 3.14. The van der Waals surface area contributed by atoms with Crippen LogP contribution in [0.1, 0.15) is 5.56 Å². The first-order valence-corrected chi connectivity index (χ1v) is 4.88. The van der Waals surface area contributed by atoms with Gasteiger partial charge in [-0.05, 0) is 12.1 Å². The fourth-order valence-corrected chi connectivity index (χ4v) is 1.26. The third kappa shape index (κ3) is 4.68. The Kier molecular flexibility index (Phi) is 7.44. The van der Waals surface area contributed by atoms with E-state index in [4.69, 9.17) is 15.2 Å². The molecule has 0 amide bonds. The number of benzene rings is 1. The zero-order chi connectivity index (χ0) is 12.0. The monoisotopic (exact) mass is 351 g/mol. The third-order valence-electron chi connectivity index (χ3n) is 2.20. The topological polar surface area (TPSA) is 68.9 Å². The number of rotatable bonds is 4. The van der Waals surface area contributed by atoms with Gasteiger partial charge in [-0.25, -0.2) is 0 Å². The summed E-state index contributed by atoms with van der Waals surface area (Å²) in [6.45, 7) is 0.566. The van der Waals surface area contributed by atoms with Crippen molar-refractivity contribution in [2.24, 2.45) is 10.7 Å². The van der Waals surface area contributed by atoms with E-state index < -0.39 is 0 Å². The van der Waals surface area contributed by atoms with Crippen molar-refractivity contribution in [3.05, 3.63) is 23.8 Å².